The predicted molar refractivity (Wildman–Crippen MR) is 119 cm³/mol. The van der Waals surface area contributed by atoms with Crippen LogP contribution >= 0.6 is 0 Å². The highest BCUT2D eigenvalue weighted by molar-refractivity contribution is 5.96. The van der Waals surface area contributed by atoms with E-state index in [9.17, 15) is 9.59 Å². The van der Waals surface area contributed by atoms with Crippen molar-refractivity contribution >= 4 is 34.2 Å². The van der Waals surface area contributed by atoms with E-state index in [2.05, 4.69) is 20.9 Å². The molecule has 3 aromatic rings. The minimum Gasteiger partial charge on any atom is -0.384 e. The third-order valence-corrected chi connectivity index (χ3v) is 4.76. The fourth-order valence-electron chi connectivity index (χ4n) is 3.15. The summed E-state index contributed by atoms with van der Waals surface area (Å²) in [5, 5.41) is 17.1. The number of nitrogens with one attached hydrogen (secondary N) is 5. The SMILES string of the molecule is CC(Nc1cccc(C(=N)N)c1)C(=O)NCC(=O)NCCc1c[nH]c2ccccc12. The summed E-state index contributed by atoms with van der Waals surface area (Å²) in [6.45, 7) is 2.10. The van der Waals surface area contributed by atoms with Gasteiger partial charge in [-0.25, -0.2) is 0 Å². The zero-order valence-electron chi connectivity index (χ0n) is 16.8. The van der Waals surface area contributed by atoms with E-state index in [0.717, 1.165) is 16.5 Å². The standard InChI is InChI=1S/C22H26N6O2/c1-14(28-17-6-4-5-15(11-17)21(23)24)22(30)27-13-20(29)25-10-9-16-12-26-19-8-3-2-7-18(16)19/h2-8,11-12,14,26,28H,9-10,13H2,1H3,(H3,23,24)(H,25,29)(H,27,30). The highest BCUT2D eigenvalue weighted by atomic mass is 16.2. The molecular formula is C22H26N6O2. The van der Waals surface area contributed by atoms with Crippen LogP contribution in [0.1, 0.15) is 18.1 Å². The van der Waals surface area contributed by atoms with Crippen molar-refractivity contribution in [1.29, 1.82) is 5.41 Å². The summed E-state index contributed by atoms with van der Waals surface area (Å²) in [4.78, 5) is 27.5. The maximum atomic E-state index is 12.3. The molecule has 2 aromatic carbocycles. The topological polar surface area (TPSA) is 136 Å². The highest BCUT2D eigenvalue weighted by Gasteiger charge is 2.14. The van der Waals surface area contributed by atoms with E-state index in [1.165, 1.54) is 0 Å². The molecule has 8 heteroatoms. The molecule has 1 unspecified atom stereocenters. The average Bonchev–Trinajstić information content (AvgIpc) is 3.15. The molecule has 30 heavy (non-hydrogen) atoms. The molecule has 0 saturated carbocycles. The van der Waals surface area contributed by atoms with Crippen LogP contribution in [0.4, 0.5) is 5.69 Å². The summed E-state index contributed by atoms with van der Waals surface area (Å²) in [5.74, 6) is -0.580. The van der Waals surface area contributed by atoms with Gasteiger partial charge >= 0.3 is 0 Å². The van der Waals surface area contributed by atoms with Gasteiger partial charge in [-0.15, -0.1) is 0 Å². The monoisotopic (exact) mass is 406 g/mol. The Labute approximate surface area is 174 Å². The Balaban J connectivity index is 1.41. The van der Waals surface area contributed by atoms with Gasteiger partial charge in [-0.2, -0.15) is 0 Å². The third kappa shape index (κ3) is 5.38. The van der Waals surface area contributed by atoms with E-state index in [4.69, 9.17) is 11.1 Å². The number of benzene rings is 2. The molecule has 0 fully saturated rings. The summed E-state index contributed by atoms with van der Waals surface area (Å²) >= 11 is 0. The van der Waals surface area contributed by atoms with Crippen LogP contribution in [0.5, 0.6) is 0 Å². The molecule has 8 nitrogen and oxygen atoms in total. The van der Waals surface area contributed by atoms with Gasteiger partial charge in [-0.3, -0.25) is 15.0 Å². The van der Waals surface area contributed by atoms with E-state index < -0.39 is 6.04 Å². The normalized spacial score (nSPS) is 11.6. The quantitative estimate of drug-likeness (QED) is 0.238. The van der Waals surface area contributed by atoms with Crippen LogP contribution in [0.2, 0.25) is 0 Å². The average molecular weight is 406 g/mol. The molecule has 0 aliphatic rings. The van der Waals surface area contributed by atoms with Crippen molar-refractivity contribution in [2.45, 2.75) is 19.4 Å². The van der Waals surface area contributed by atoms with Crippen molar-refractivity contribution in [2.75, 3.05) is 18.4 Å². The molecule has 0 saturated heterocycles. The van der Waals surface area contributed by atoms with E-state index in [-0.39, 0.29) is 24.2 Å². The van der Waals surface area contributed by atoms with Crippen LogP contribution in [0, 0.1) is 5.41 Å². The van der Waals surface area contributed by atoms with Gasteiger partial charge in [0.15, 0.2) is 0 Å². The second-order valence-electron chi connectivity index (χ2n) is 7.04. The number of hydrogen-bond donors (Lipinski definition) is 6. The number of nitrogen functional groups attached to an aromatic ring is 1. The Hall–Kier alpha value is -3.81. The lowest BCUT2D eigenvalue weighted by atomic mass is 10.1. The summed E-state index contributed by atoms with van der Waals surface area (Å²) in [5.41, 5.74) is 8.94. The van der Waals surface area contributed by atoms with Gasteiger partial charge in [0.1, 0.15) is 11.9 Å². The van der Waals surface area contributed by atoms with Crippen molar-refractivity contribution in [1.82, 2.24) is 15.6 Å². The number of carbonyl (C=O) groups is 2. The van der Waals surface area contributed by atoms with Gasteiger partial charge < -0.3 is 26.7 Å². The lowest BCUT2D eigenvalue weighted by Gasteiger charge is -2.16. The molecule has 1 atom stereocenters. The fraction of sp³-hybridized carbons (Fsp3) is 0.227. The third-order valence-electron chi connectivity index (χ3n) is 4.76. The lowest BCUT2D eigenvalue weighted by molar-refractivity contribution is -0.126. The molecule has 0 bridgehead atoms. The van der Waals surface area contributed by atoms with Gasteiger partial charge in [-0.1, -0.05) is 30.3 Å². The number of anilines is 1. The first kappa shape index (κ1) is 20.9. The molecule has 156 valence electrons. The first-order valence-corrected chi connectivity index (χ1v) is 9.74. The summed E-state index contributed by atoms with van der Waals surface area (Å²) < 4.78 is 0. The summed E-state index contributed by atoms with van der Waals surface area (Å²) in [6, 6.07) is 14.4. The van der Waals surface area contributed by atoms with E-state index in [1.807, 2.05) is 30.5 Å². The van der Waals surface area contributed by atoms with E-state index >= 15 is 0 Å². The van der Waals surface area contributed by atoms with Gasteiger partial charge in [0.25, 0.3) is 0 Å². The van der Waals surface area contributed by atoms with Gasteiger partial charge in [0.2, 0.25) is 11.8 Å². The number of fused-ring (bicyclic) bond motifs is 1. The molecular weight excluding hydrogens is 380 g/mol. The first-order chi connectivity index (χ1) is 14.4. The maximum absolute atomic E-state index is 12.3. The van der Waals surface area contributed by atoms with Crippen molar-refractivity contribution < 1.29 is 9.59 Å². The van der Waals surface area contributed by atoms with E-state index in [1.54, 1.807) is 31.2 Å². The number of hydrogen-bond acceptors (Lipinski definition) is 4. The Morgan fingerprint density at radius 1 is 1.13 bits per heavy atom. The Morgan fingerprint density at radius 3 is 2.73 bits per heavy atom. The van der Waals surface area contributed by atoms with E-state index in [0.29, 0.717) is 24.2 Å². The van der Waals surface area contributed by atoms with Gasteiger partial charge in [0, 0.05) is 34.9 Å². The smallest absolute Gasteiger partial charge is 0.242 e. The van der Waals surface area contributed by atoms with Gasteiger partial charge in [0.05, 0.1) is 6.54 Å². The van der Waals surface area contributed by atoms with Crippen LogP contribution < -0.4 is 21.7 Å². The van der Waals surface area contributed by atoms with Crippen molar-refractivity contribution in [2.24, 2.45) is 5.73 Å². The predicted octanol–water partition coefficient (Wildman–Crippen LogP) is 1.73. The molecule has 1 heterocycles. The zero-order chi connectivity index (χ0) is 21.5. The summed E-state index contributed by atoms with van der Waals surface area (Å²) in [7, 11) is 0. The van der Waals surface area contributed by atoms with Crippen LogP contribution in [0.25, 0.3) is 10.9 Å². The Kier molecular flexibility index (Phi) is 6.69. The minimum atomic E-state index is -0.550. The number of aromatic amines is 1. The molecule has 1 aromatic heterocycles. The molecule has 0 aliphatic heterocycles. The maximum Gasteiger partial charge on any atom is 0.242 e. The minimum absolute atomic E-state index is 0.0416. The number of amidine groups is 1. The Morgan fingerprint density at radius 2 is 1.93 bits per heavy atom. The number of nitrogens with two attached hydrogens (primary N) is 1. The molecule has 0 radical (unpaired) electrons. The number of amides is 2. The van der Waals surface area contributed by atoms with Crippen molar-refractivity contribution in [3.8, 4) is 0 Å². The number of H-pyrrole nitrogens is 1. The first-order valence-electron chi connectivity index (χ1n) is 9.74. The van der Waals surface area contributed by atoms with Gasteiger partial charge in [-0.05, 0) is 37.1 Å². The summed E-state index contributed by atoms with van der Waals surface area (Å²) in [6.07, 6.45) is 2.65. The molecule has 2 amide bonds. The second-order valence-corrected chi connectivity index (χ2v) is 7.04. The number of carbonyl (C=O) groups excluding carboxylic acids is 2. The van der Waals surface area contributed by atoms with Crippen LogP contribution in [-0.2, 0) is 16.0 Å². The fourth-order valence-corrected chi connectivity index (χ4v) is 3.15. The van der Waals surface area contributed by atoms with Crippen LogP contribution in [-0.4, -0.2) is 41.8 Å². The highest BCUT2D eigenvalue weighted by Crippen LogP contribution is 2.17. The van der Waals surface area contributed by atoms with Crippen molar-refractivity contribution in [3.05, 3.63) is 65.9 Å². The largest absolute Gasteiger partial charge is 0.384 e. The zero-order valence-corrected chi connectivity index (χ0v) is 16.8. The van der Waals surface area contributed by atoms with Crippen molar-refractivity contribution in [3.63, 3.8) is 0 Å². The molecule has 0 aliphatic carbocycles. The van der Waals surface area contributed by atoms with Crippen LogP contribution in [0.15, 0.2) is 54.7 Å². The molecule has 0 spiro atoms. The second kappa shape index (κ2) is 9.60. The molecule has 3 rings (SSSR count). The number of para-hydroxylation sites is 1. The Bertz CT molecular complexity index is 1060. The number of rotatable bonds is 9. The number of aromatic nitrogens is 1. The lowest BCUT2D eigenvalue weighted by Crippen LogP contribution is -2.43. The van der Waals surface area contributed by atoms with Crippen LogP contribution in [0.3, 0.4) is 0 Å². The molecule has 7 N–H and O–H groups in total.